The molecule has 140 valence electrons. The zero-order valence-electron chi connectivity index (χ0n) is 15.2. The van der Waals surface area contributed by atoms with Crippen LogP contribution < -0.4 is 0 Å². The van der Waals surface area contributed by atoms with Gasteiger partial charge in [0.15, 0.2) is 0 Å². The van der Waals surface area contributed by atoms with E-state index in [1.165, 1.54) is 0 Å². The molecule has 0 aliphatic carbocycles. The Bertz CT molecular complexity index is 1150. The smallest absolute Gasteiger partial charge is 0.321 e. The highest BCUT2D eigenvalue weighted by molar-refractivity contribution is 5.86. The number of rotatable bonds is 4. The van der Waals surface area contributed by atoms with Gasteiger partial charge in [0, 0.05) is 41.7 Å². The van der Waals surface area contributed by atoms with Crippen molar-refractivity contribution in [3.8, 4) is 11.3 Å². The SMILES string of the molecule is O=C(O)[C@@H]1Cc2c([nH]c3ccccc23)CN1Cc1cn[nH]c1-c1ccccc1. The molecule has 5 rings (SSSR count). The number of carboxylic acid groups (broad SMARTS) is 1. The highest BCUT2D eigenvalue weighted by atomic mass is 16.4. The summed E-state index contributed by atoms with van der Waals surface area (Å²) in [5.41, 5.74) is 6.26. The van der Waals surface area contributed by atoms with E-state index in [2.05, 4.69) is 21.2 Å². The number of nitrogens with zero attached hydrogens (tertiary/aromatic N) is 2. The molecule has 0 fully saturated rings. The van der Waals surface area contributed by atoms with Gasteiger partial charge >= 0.3 is 5.97 Å². The zero-order chi connectivity index (χ0) is 19.1. The van der Waals surface area contributed by atoms with Crippen LogP contribution in [0.1, 0.15) is 16.8 Å². The Hall–Kier alpha value is -3.38. The molecule has 4 aromatic rings. The van der Waals surface area contributed by atoms with Crippen molar-refractivity contribution < 1.29 is 9.90 Å². The molecule has 0 unspecified atom stereocenters. The molecule has 1 aliphatic heterocycles. The Kier molecular flexibility index (Phi) is 3.98. The number of carboxylic acids is 1. The first-order chi connectivity index (χ1) is 13.7. The maximum Gasteiger partial charge on any atom is 0.321 e. The van der Waals surface area contributed by atoms with Crippen molar-refractivity contribution in [1.82, 2.24) is 20.1 Å². The molecule has 1 atom stereocenters. The van der Waals surface area contributed by atoms with Gasteiger partial charge in [-0.1, -0.05) is 48.5 Å². The number of carbonyl (C=O) groups is 1. The number of fused-ring (bicyclic) bond motifs is 3. The lowest BCUT2D eigenvalue weighted by atomic mass is 9.96. The first kappa shape index (κ1) is 16.8. The molecule has 2 aromatic heterocycles. The number of aromatic amines is 2. The van der Waals surface area contributed by atoms with Crippen molar-refractivity contribution in [1.29, 1.82) is 0 Å². The highest BCUT2D eigenvalue weighted by Gasteiger charge is 2.34. The van der Waals surface area contributed by atoms with E-state index >= 15 is 0 Å². The molecule has 0 spiro atoms. The van der Waals surface area contributed by atoms with Gasteiger partial charge in [-0.3, -0.25) is 14.8 Å². The van der Waals surface area contributed by atoms with E-state index in [1.807, 2.05) is 53.4 Å². The topological polar surface area (TPSA) is 85.0 Å². The quantitative estimate of drug-likeness (QED) is 0.511. The van der Waals surface area contributed by atoms with E-state index in [4.69, 9.17) is 0 Å². The third-order valence-electron chi connectivity index (χ3n) is 5.54. The first-order valence-corrected chi connectivity index (χ1v) is 9.33. The Morgan fingerprint density at radius 3 is 2.75 bits per heavy atom. The third-order valence-corrected chi connectivity index (χ3v) is 5.54. The Morgan fingerprint density at radius 2 is 1.93 bits per heavy atom. The number of para-hydroxylation sites is 1. The lowest BCUT2D eigenvalue weighted by molar-refractivity contribution is -0.144. The number of hydrogen-bond donors (Lipinski definition) is 3. The first-order valence-electron chi connectivity index (χ1n) is 9.33. The Balaban J connectivity index is 1.50. The number of aliphatic carboxylic acids is 1. The van der Waals surface area contributed by atoms with E-state index in [9.17, 15) is 9.90 Å². The molecule has 6 heteroatoms. The lowest BCUT2D eigenvalue weighted by Crippen LogP contribution is -2.44. The molecule has 0 saturated carbocycles. The largest absolute Gasteiger partial charge is 0.480 e. The fraction of sp³-hybridized carbons (Fsp3) is 0.182. The van der Waals surface area contributed by atoms with Crippen molar-refractivity contribution in [2.24, 2.45) is 0 Å². The van der Waals surface area contributed by atoms with Crippen LogP contribution in [-0.4, -0.2) is 37.2 Å². The predicted molar refractivity (Wildman–Crippen MR) is 107 cm³/mol. The van der Waals surface area contributed by atoms with Crippen molar-refractivity contribution in [3.05, 3.63) is 77.6 Å². The van der Waals surface area contributed by atoms with E-state index in [0.717, 1.165) is 39.0 Å². The van der Waals surface area contributed by atoms with Crippen LogP contribution in [0.5, 0.6) is 0 Å². The maximum absolute atomic E-state index is 12.0. The number of nitrogens with one attached hydrogen (secondary N) is 2. The van der Waals surface area contributed by atoms with Crippen molar-refractivity contribution in [2.45, 2.75) is 25.6 Å². The van der Waals surface area contributed by atoms with Crippen LogP contribution in [0.4, 0.5) is 0 Å². The van der Waals surface area contributed by atoms with Crippen LogP contribution in [-0.2, 0) is 24.3 Å². The molecule has 0 saturated heterocycles. The van der Waals surface area contributed by atoms with Gasteiger partial charge in [-0.2, -0.15) is 5.10 Å². The molecular formula is C22H20N4O2. The van der Waals surface area contributed by atoms with E-state index < -0.39 is 12.0 Å². The molecule has 3 heterocycles. The maximum atomic E-state index is 12.0. The summed E-state index contributed by atoms with van der Waals surface area (Å²) in [6.07, 6.45) is 2.29. The number of H-pyrrole nitrogens is 2. The van der Waals surface area contributed by atoms with Crippen molar-refractivity contribution >= 4 is 16.9 Å². The van der Waals surface area contributed by atoms with Gasteiger partial charge in [0.05, 0.1) is 11.9 Å². The summed E-state index contributed by atoms with van der Waals surface area (Å²) < 4.78 is 0. The summed E-state index contributed by atoms with van der Waals surface area (Å²) >= 11 is 0. The molecule has 0 bridgehead atoms. The van der Waals surface area contributed by atoms with Crippen LogP contribution in [0.25, 0.3) is 22.2 Å². The van der Waals surface area contributed by atoms with Gasteiger partial charge in [0.2, 0.25) is 0 Å². The van der Waals surface area contributed by atoms with Gasteiger partial charge in [0.25, 0.3) is 0 Å². The fourth-order valence-electron chi connectivity index (χ4n) is 4.17. The minimum absolute atomic E-state index is 0.493. The predicted octanol–water partition coefficient (Wildman–Crippen LogP) is 3.57. The summed E-state index contributed by atoms with van der Waals surface area (Å²) in [6, 6.07) is 17.5. The van der Waals surface area contributed by atoms with Gasteiger partial charge in [-0.15, -0.1) is 0 Å². The van der Waals surface area contributed by atoms with Crippen LogP contribution in [0.3, 0.4) is 0 Å². The average molecular weight is 372 g/mol. The van der Waals surface area contributed by atoms with E-state index in [0.29, 0.717) is 19.5 Å². The second kappa shape index (κ2) is 6.65. The molecule has 1 aliphatic rings. The molecule has 3 N–H and O–H groups in total. The highest BCUT2D eigenvalue weighted by Crippen LogP contribution is 2.32. The van der Waals surface area contributed by atoms with Crippen LogP contribution in [0.15, 0.2) is 60.8 Å². The molecule has 0 amide bonds. The summed E-state index contributed by atoms with van der Waals surface area (Å²) in [5.74, 6) is -0.791. The lowest BCUT2D eigenvalue weighted by Gasteiger charge is -2.33. The van der Waals surface area contributed by atoms with Gasteiger partial charge < -0.3 is 10.1 Å². The van der Waals surface area contributed by atoms with Crippen LogP contribution in [0, 0.1) is 0 Å². The van der Waals surface area contributed by atoms with Gasteiger partial charge in [-0.25, -0.2) is 0 Å². The van der Waals surface area contributed by atoms with Crippen LogP contribution >= 0.6 is 0 Å². The number of hydrogen-bond acceptors (Lipinski definition) is 3. The van der Waals surface area contributed by atoms with Crippen molar-refractivity contribution in [2.75, 3.05) is 0 Å². The molecule has 28 heavy (non-hydrogen) atoms. The standard InChI is InChI=1S/C22H20N4O2/c27-22(28)20-10-17-16-8-4-5-9-18(16)24-19(17)13-26(20)12-15-11-23-25-21(15)14-6-2-1-3-7-14/h1-9,11,20,24H,10,12-13H2,(H,23,25)(H,27,28)/t20-/m0/s1. The van der Waals surface area contributed by atoms with E-state index in [1.54, 1.807) is 6.20 Å². The van der Waals surface area contributed by atoms with Crippen molar-refractivity contribution in [3.63, 3.8) is 0 Å². The third kappa shape index (κ3) is 2.78. The minimum atomic E-state index is -0.791. The fourth-order valence-corrected chi connectivity index (χ4v) is 4.17. The average Bonchev–Trinajstić information content (AvgIpc) is 3.32. The minimum Gasteiger partial charge on any atom is -0.480 e. The summed E-state index contributed by atoms with van der Waals surface area (Å²) in [5, 5.41) is 18.3. The Labute approximate surface area is 161 Å². The Morgan fingerprint density at radius 1 is 1.14 bits per heavy atom. The monoisotopic (exact) mass is 372 g/mol. The number of benzene rings is 2. The second-order valence-electron chi connectivity index (χ2n) is 7.23. The second-order valence-corrected chi connectivity index (χ2v) is 7.23. The van der Waals surface area contributed by atoms with E-state index in [-0.39, 0.29) is 0 Å². The van der Waals surface area contributed by atoms with Crippen LogP contribution in [0.2, 0.25) is 0 Å². The van der Waals surface area contributed by atoms with Gasteiger partial charge in [-0.05, 0) is 17.2 Å². The summed E-state index contributed by atoms with van der Waals surface area (Å²) in [7, 11) is 0. The normalized spacial score (nSPS) is 16.9. The number of aromatic nitrogens is 3. The van der Waals surface area contributed by atoms with Gasteiger partial charge in [0.1, 0.15) is 6.04 Å². The zero-order valence-corrected chi connectivity index (χ0v) is 15.2. The summed E-state index contributed by atoms with van der Waals surface area (Å²) in [4.78, 5) is 17.5. The summed E-state index contributed by atoms with van der Waals surface area (Å²) in [6.45, 7) is 1.09. The molecule has 0 radical (unpaired) electrons. The molecule has 6 nitrogen and oxygen atoms in total. The molecule has 2 aromatic carbocycles. The molecular weight excluding hydrogens is 352 g/mol.